The number of hydrogen-bond acceptors (Lipinski definition) is 33. The van der Waals surface area contributed by atoms with Crippen molar-refractivity contribution >= 4 is 65.3 Å². The van der Waals surface area contributed by atoms with Gasteiger partial charge in [0.1, 0.15) is 36.8 Å². The lowest BCUT2D eigenvalue weighted by Crippen LogP contribution is -2.69. The molecule has 2 spiro atoms. The number of hydrogen-bond donors (Lipinski definition) is 5. The quantitative estimate of drug-likeness (QED) is 0.0142. The molecule has 34 heteroatoms. The molecule has 0 radical (unpaired) electrons. The van der Waals surface area contributed by atoms with Crippen LogP contribution in [0.25, 0.3) is 0 Å². The highest BCUT2D eigenvalue weighted by molar-refractivity contribution is 7.99. The van der Waals surface area contributed by atoms with Crippen LogP contribution in [0.4, 0.5) is 0 Å². The lowest BCUT2D eigenvalue weighted by molar-refractivity contribution is -0.158. The van der Waals surface area contributed by atoms with Crippen molar-refractivity contribution in [3.63, 3.8) is 0 Å². The first-order chi connectivity index (χ1) is 70.5. The molecule has 6 aromatic rings. The molecule has 8 bridgehead atoms. The number of nitriles is 2. The molecule has 20 rings (SSSR count). The number of aryl methyl sites for hydroxylation is 2. The van der Waals surface area contributed by atoms with Crippen molar-refractivity contribution in [1.82, 2.24) is 30.2 Å². The molecule has 5 N–H and O–H groups in total. The number of methoxy groups -OCH3 is 4. The second kappa shape index (κ2) is 50.5. The van der Waals surface area contributed by atoms with Gasteiger partial charge in [0.25, 0.3) is 0 Å². The topological polar surface area (TPSA) is 394 Å². The molecule has 0 amide bonds. The van der Waals surface area contributed by atoms with E-state index >= 15 is 4.79 Å². The number of aliphatic carboxylic acids is 1. The van der Waals surface area contributed by atoms with E-state index in [4.69, 9.17) is 71.4 Å². The number of carboxylic acids is 1. The highest BCUT2D eigenvalue weighted by Gasteiger charge is 2.65. The normalized spacial score (nSPS) is 24.0. The van der Waals surface area contributed by atoms with Crippen LogP contribution in [-0.2, 0) is 79.8 Å². The summed E-state index contributed by atoms with van der Waals surface area (Å²) < 4.78 is 86.4. The number of nitrogens with zero attached hydrogens (tertiary/aromatic N) is 6. The number of carbonyl (C=O) groups is 7. The maximum absolute atomic E-state index is 15.4. The Morgan fingerprint density at radius 1 is 0.450 bits per heavy atom. The number of ether oxygens (including phenoxy) is 14. The fourth-order valence-electron chi connectivity index (χ4n) is 24.9. The van der Waals surface area contributed by atoms with Crippen molar-refractivity contribution in [2.75, 3.05) is 93.9 Å². The third-order valence-corrected chi connectivity index (χ3v) is 34.7. The summed E-state index contributed by atoms with van der Waals surface area (Å²) in [6.07, 6.45) is 29.0. The Morgan fingerprint density at radius 3 is 1.27 bits per heavy atom. The SMILES string of the molecule is C.C.C.CCCCCCCC(=O)O.CCCCCCCCCCCCCCCC(=O)Oc1c(OC)c(C)cc2c1[C@@H]1C3[C@@H]4SC[C@]5(NCCc6cc(OC(=O)CCCCCCC)c(OC)cc65)C(=O)OC[C@@H](c5c6c(c(C)c(OC(C)=O)c54)OCO6)N3[C@@H](C#N)[C@H](C2)N1C.COc1cc2c(cc1O)CCN[C@]21CS[C@@H]2c3c(OC(C)=O)c(C)c4c(c3[C@H](COC1=O)N1C2[C@H]2c3c(cc(C)c(OC)c3O)C[C@@H]([C@@H]1C#N)N2C)OCO4. The third-order valence-electron chi connectivity index (χ3n) is 31.7. The minimum Gasteiger partial charge on any atom is -0.504 e. The minimum atomic E-state index is -1.44. The summed E-state index contributed by atoms with van der Waals surface area (Å²) in [5.41, 5.74) is 8.85. The molecular formula is C115H156N8O24S2. The van der Waals surface area contributed by atoms with Gasteiger partial charge in [-0.2, -0.15) is 10.5 Å². The first kappa shape index (κ1) is 115. The summed E-state index contributed by atoms with van der Waals surface area (Å²) in [6.45, 7) is 17.1. The average Bonchev–Trinajstić information content (AvgIpc) is 1.49. The summed E-state index contributed by atoms with van der Waals surface area (Å²) in [5.74, 6) is 1.29. The molecule has 4 saturated heterocycles. The molecule has 14 aliphatic rings. The number of nitrogens with one attached hydrogen (secondary N) is 2. The molecule has 2 unspecified atom stereocenters. The van der Waals surface area contributed by atoms with E-state index in [1.165, 1.54) is 136 Å². The van der Waals surface area contributed by atoms with Gasteiger partial charge >= 0.3 is 41.8 Å². The third kappa shape index (κ3) is 22.4. The van der Waals surface area contributed by atoms with Gasteiger partial charge in [0.05, 0.1) is 75.2 Å². The number of phenolic OH excluding ortho intramolecular Hbond substituents is 2. The van der Waals surface area contributed by atoms with Crippen LogP contribution in [0, 0.1) is 50.4 Å². The van der Waals surface area contributed by atoms with Crippen molar-refractivity contribution in [2.24, 2.45) is 0 Å². The van der Waals surface area contributed by atoms with Crippen LogP contribution in [0.15, 0.2) is 36.4 Å². The predicted molar refractivity (Wildman–Crippen MR) is 569 cm³/mol. The number of thioether (sulfide) groups is 2. The molecule has 6 aromatic carbocycles. The highest BCUT2D eigenvalue weighted by Crippen LogP contribution is 2.68. The molecule has 14 atom stereocenters. The fraction of sp³-hybridized carbons (Fsp3) is 0.609. The Balaban J connectivity index is 0.000000235. The van der Waals surface area contributed by atoms with Gasteiger partial charge in [0, 0.05) is 126 Å². The van der Waals surface area contributed by atoms with E-state index in [9.17, 15) is 49.5 Å². The zero-order chi connectivity index (χ0) is 104. The Morgan fingerprint density at radius 2 is 0.846 bits per heavy atom. The summed E-state index contributed by atoms with van der Waals surface area (Å²) in [5, 5.41) is 59.7. The number of carboxylic acid groups (broad SMARTS) is 1. The first-order valence-electron chi connectivity index (χ1n) is 52.5. The predicted octanol–water partition coefficient (Wildman–Crippen LogP) is 20.6. The van der Waals surface area contributed by atoms with E-state index < -0.39 is 99.8 Å². The lowest BCUT2D eigenvalue weighted by atomic mass is 9.71. The smallest absolute Gasteiger partial charge is 0.331 e. The Labute approximate surface area is 887 Å². The molecule has 0 aromatic heterocycles. The average molecular weight is 2100 g/mol. The van der Waals surface area contributed by atoms with Gasteiger partial charge in [0.2, 0.25) is 13.6 Å². The zero-order valence-electron chi connectivity index (χ0n) is 87.2. The van der Waals surface area contributed by atoms with E-state index in [0.29, 0.717) is 165 Å². The molecule has 14 heterocycles. The summed E-state index contributed by atoms with van der Waals surface area (Å²) in [4.78, 5) is 103. The molecule has 4 fully saturated rings. The maximum Gasteiger partial charge on any atom is 0.331 e. The molecule has 149 heavy (non-hydrogen) atoms. The number of piperazine rings is 2. The number of phenols is 2. The number of esters is 6. The van der Waals surface area contributed by atoms with Crippen molar-refractivity contribution < 1.29 is 115 Å². The maximum atomic E-state index is 15.4. The standard InChI is InChI=1S/C64H86N4O12S.C40H42N4O10S.C8H16O2.3CH4/c1-9-11-13-15-16-17-18-19-20-21-22-24-26-28-51(71)80-61-52-43(31-39(3)57(61)74-8)32-45-46(35-65)68-47-36-75-63(72)64(44-34-48(73-7)49(33-42(44)29-30-66-64)79-50(70)27-25-23-14-12-10-2)37-81-62(56(68)55(52)67(45)6)54-53(47)60-59(76-38-77-60)40(4)58(54)78-41(5)69;1-17-9-21-10-23-24(13-41)44-25-14-51-39(48)40(22-12-27(49-5)26(46)11-20(22)7-8-42-40)15-55-38(32(44)31(43(23)4)28(21)33(47)34(17)50-6)30-29(25)37-36(52-16-53-37)18(2)35(30)54-19(3)45;1-2-3-4-5-6-7-8(9)10;;;/h31,33-34,45-47,55-56,62,66H,9-30,32,36-38H2,1-8H3;9,11-12,23-25,31-32,38,42,46-47H,7-8,10,14-16H2,1-6H3;2-7H2,1H3,(H,9,10);3*1H4/t45-,46-,47-,55+,56?,62+,64+;23-,24-,25-,31+,32?,38+,40+;;;;/m00..../s1. The lowest BCUT2D eigenvalue weighted by Gasteiger charge is -2.62. The number of benzene rings is 6. The number of unbranched alkanes of at least 4 members (excludes halogenated alkanes) is 20. The van der Waals surface area contributed by atoms with Gasteiger partial charge in [-0.25, -0.2) is 9.59 Å². The minimum absolute atomic E-state index is 0. The molecule has 0 saturated carbocycles. The molecular weight excluding hydrogens is 1940 g/mol. The van der Waals surface area contributed by atoms with Gasteiger partial charge in [-0.15, -0.1) is 23.5 Å². The van der Waals surface area contributed by atoms with E-state index in [1.54, 1.807) is 25.3 Å². The second-order valence-electron chi connectivity index (χ2n) is 40.8. The van der Waals surface area contributed by atoms with Crippen LogP contribution >= 0.6 is 23.5 Å². The van der Waals surface area contributed by atoms with Crippen LogP contribution in [0.3, 0.4) is 0 Å². The van der Waals surface area contributed by atoms with Crippen molar-refractivity contribution in [1.29, 1.82) is 10.5 Å². The molecule has 812 valence electrons. The summed E-state index contributed by atoms with van der Waals surface area (Å²) in [6, 6.07) is 10.7. The monoisotopic (exact) mass is 2100 g/mol. The van der Waals surface area contributed by atoms with Crippen LogP contribution in [0.5, 0.6) is 80.5 Å². The first-order valence-corrected chi connectivity index (χ1v) is 54.6. The largest absolute Gasteiger partial charge is 0.504 e. The van der Waals surface area contributed by atoms with Crippen LogP contribution in [-0.4, -0.2) is 207 Å². The summed E-state index contributed by atoms with van der Waals surface area (Å²) >= 11 is 2.98. The second-order valence-corrected chi connectivity index (χ2v) is 43.1. The Hall–Kier alpha value is -10.9. The van der Waals surface area contributed by atoms with Gasteiger partial charge in [-0.1, -0.05) is 184 Å². The van der Waals surface area contributed by atoms with Crippen molar-refractivity contribution in [2.45, 2.75) is 359 Å². The van der Waals surface area contributed by atoms with E-state index in [0.717, 1.165) is 103 Å². The van der Waals surface area contributed by atoms with Gasteiger partial charge in [-0.3, -0.25) is 54.2 Å². The number of rotatable bonds is 34. The number of likely N-dealkylation sites (N-methyl/N-ethyl adjacent to an activating group) is 2. The van der Waals surface area contributed by atoms with Crippen LogP contribution in [0.2, 0.25) is 0 Å². The Kier molecular flexibility index (Phi) is 39.1. The van der Waals surface area contributed by atoms with Gasteiger partial charge in [-0.05, 0) is 156 Å². The van der Waals surface area contributed by atoms with E-state index in [2.05, 4.69) is 69.2 Å². The number of fused-ring (bicyclic) bond motifs is 18. The number of aromatic hydroxyl groups is 2. The van der Waals surface area contributed by atoms with E-state index in [-0.39, 0.29) is 115 Å². The Bertz CT molecular complexity index is 5980. The summed E-state index contributed by atoms with van der Waals surface area (Å²) in [7, 11) is 10.1. The van der Waals surface area contributed by atoms with Gasteiger partial charge < -0.3 is 81.6 Å². The van der Waals surface area contributed by atoms with Crippen LogP contribution in [0.1, 0.15) is 348 Å². The highest BCUT2D eigenvalue weighted by atomic mass is 32.2. The zero-order valence-corrected chi connectivity index (χ0v) is 88.8. The van der Waals surface area contributed by atoms with Crippen molar-refractivity contribution in [3.8, 4) is 92.6 Å². The van der Waals surface area contributed by atoms with Gasteiger partial charge in [0.15, 0.2) is 80.1 Å². The van der Waals surface area contributed by atoms with Crippen molar-refractivity contribution in [3.05, 3.63) is 125 Å². The van der Waals surface area contributed by atoms with Crippen LogP contribution < -0.4 is 67.5 Å². The molecule has 14 aliphatic heterocycles. The molecule has 0 aliphatic carbocycles. The van der Waals surface area contributed by atoms with E-state index in [1.807, 2.05) is 53.9 Å². The molecule has 32 nitrogen and oxygen atoms in total. The fourth-order valence-corrected chi connectivity index (χ4v) is 28.3. The number of carbonyl (C=O) groups excluding carboxylic acids is 6.